The number of anilines is 1. The molecule has 0 unspecified atom stereocenters. The Labute approximate surface area is 189 Å². The number of aromatic nitrogens is 5. The smallest absolute Gasteiger partial charge is 0.228 e. The molecule has 0 bridgehead atoms. The highest BCUT2D eigenvalue weighted by Crippen LogP contribution is 2.23. The molecule has 156 valence electrons. The summed E-state index contributed by atoms with van der Waals surface area (Å²) in [6, 6.07) is 9.28. The summed E-state index contributed by atoms with van der Waals surface area (Å²) in [5.41, 5.74) is 4.33. The monoisotopic (exact) mass is 452 g/mol. The predicted molar refractivity (Wildman–Crippen MR) is 120 cm³/mol. The molecule has 0 saturated carbocycles. The van der Waals surface area contributed by atoms with Gasteiger partial charge in [-0.3, -0.25) is 9.48 Å². The number of benzene rings is 1. The number of aryl methyl sites for hydroxylation is 1. The molecule has 0 saturated heterocycles. The fraction of sp³-hybridized carbons (Fsp3) is 0.136. The van der Waals surface area contributed by atoms with Crippen molar-refractivity contribution in [1.29, 1.82) is 0 Å². The molecule has 0 aliphatic rings. The first-order valence-corrected chi connectivity index (χ1v) is 10.2. The summed E-state index contributed by atoms with van der Waals surface area (Å²) in [5.74, 6) is 0.567. The lowest BCUT2D eigenvalue weighted by Gasteiger charge is -2.07. The van der Waals surface area contributed by atoms with Crippen LogP contribution in [0, 0.1) is 0 Å². The number of amides is 1. The molecule has 0 atom stereocenters. The number of hydrogen-bond acceptors (Lipinski definition) is 5. The molecule has 0 aliphatic heterocycles. The summed E-state index contributed by atoms with van der Waals surface area (Å²) in [6.45, 7) is 0. The van der Waals surface area contributed by atoms with Gasteiger partial charge in [0.15, 0.2) is 0 Å². The molecule has 1 amide bonds. The molecule has 31 heavy (non-hydrogen) atoms. The van der Waals surface area contributed by atoms with Gasteiger partial charge in [-0.05, 0) is 22.8 Å². The van der Waals surface area contributed by atoms with Gasteiger partial charge in [0.05, 0.1) is 29.5 Å². The Balaban J connectivity index is 1.37. The zero-order valence-corrected chi connectivity index (χ0v) is 18.1. The average Bonchev–Trinajstić information content (AvgIpc) is 3.16. The van der Waals surface area contributed by atoms with Crippen LogP contribution in [0.2, 0.25) is 10.2 Å². The minimum atomic E-state index is -0.170. The van der Waals surface area contributed by atoms with Gasteiger partial charge in [-0.1, -0.05) is 47.5 Å². The highest BCUT2D eigenvalue weighted by atomic mass is 35.5. The van der Waals surface area contributed by atoms with Crippen LogP contribution in [0.25, 0.3) is 11.1 Å². The Hall–Kier alpha value is -3.29. The van der Waals surface area contributed by atoms with E-state index < -0.39 is 0 Å². The van der Waals surface area contributed by atoms with Crippen molar-refractivity contribution in [3.63, 3.8) is 0 Å². The standard InChI is InChI=1S/C22H18Cl2N6O/c1-30-13-15(9-28-30)6-20-25-10-17(11-26-20)16-4-2-14(3-5-16)7-21(31)29-18-8-19(23)22(24)27-12-18/h2-5,8-13H,6-7H2,1H3,(H,29,31). The molecular formula is C22H18Cl2N6O. The molecular weight excluding hydrogens is 435 g/mol. The van der Waals surface area contributed by atoms with Gasteiger partial charge in [0.1, 0.15) is 11.0 Å². The third kappa shape index (κ3) is 5.45. The van der Waals surface area contributed by atoms with Crippen molar-refractivity contribution in [2.24, 2.45) is 7.05 Å². The van der Waals surface area contributed by atoms with Gasteiger partial charge < -0.3 is 5.32 Å². The molecule has 1 aromatic carbocycles. The van der Waals surface area contributed by atoms with E-state index in [1.807, 2.05) is 43.7 Å². The second kappa shape index (κ2) is 9.24. The van der Waals surface area contributed by atoms with Crippen molar-refractivity contribution in [3.8, 4) is 11.1 Å². The minimum absolute atomic E-state index is 0.170. The van der Waals surface area contributed by atoms with Crippen molar-refractivity contribution >= 4 is 34.8 Å². The SMILES string of the molecule is Cn1cc(Cc2ncc(-c3ccc(CC(=O)Nc4cnc(Cl)c(Cl)c4)cc3)cn2)cn1. The third-order valence-electron chi connectivity index (χ3n) is 4.56. The lowest BCUT2D eigenvalue weighted by atomic mass is 10.0. The number of pyridine rings is 1. The largest absolute Gasteiger partial charge is 0.324 e. The average molecular weight is 453 g/mol. The van der Waals surface area contributed by atoms with E-state index in [1.54, 1.807) is 23.1 Å². The Morgan fingerprint density at radius 3 is 2.35 bits per heavy atom. The van der Waals surface area contributed by atoms with Gasteiger partial charge in [0.25, 0.3) is 0 Å². The van der Waals surface area contributed by atoms with E-state index in [0.29, 0.717) is 12.1 Å². The maximum atomic E-state index is 12.3. The molecule has 0 radical (unpaired) electrons. The predicted octanol–water partition coefficient (Wildman–Crippen LogP) is 4.35. The van der Waals surface area contributed by atoms with Gasteiger partial charge >= 0.3 is 0 Å². The van der Waals surface area contributed by atoms with E-state index in [0.717, 1.165) is 28.1 Å². The number of nitrogens with one attached hydrogen (secondary N) is 1. The van der Waals surface area contributed by atoms with Crippen LogP contribution in [-0.4, -0.2) is 30.6 Å². The van der Waals surface area contributed by atoms with E-state index in [9.17, 15) is 4.79 Å². The quantitative estimate of drug-likeness (QED) is 0.439. The first kappa shape index (κ1) is 21.0. The summed E-state index contributed by atoms with van der Waals surface area (Å²) in [5, 5.41) is 7.41. The van der Waals surface area contributed by atoms with Gasteiger partial charge in [-0.2, -0.15) is 5.10 Å². The minimum Gasteiger partial charge on any atom is -0.324 e. The number of carbonyl (C=O) groups excluding carboxylic acids is 1. The molecule has 1 N–H and O–H groups in total. The summed E-state index contributed by atoms with van der Waals surface area (Å²) in [4.78, 5) is 25.1. The maximum absolute atomic E-state index is 12.3. The molecule has 4 rings (SSSR count). The Kier molecular flexibility index (Phi) is 6.25. The zero-order valence-electron chi connectivity index (χ0n) is 16.6. The van der Waals surface area contributed by atoms with Crippen molar-refractivity contribution in [1.82, 2.24) is 24.7 Å². The van der Waals surface area contributed by atoms with Crippen LogP contribution in [0.4, 0.5) is 5.69 Å². The topological polar surface area (TPSA) is 85.6 Å². The summed E-state index contributed by atoms with van der Waals surface area (Å²) in [6.07, 6.45) is 9.69. The van der Waals surface area contributed by atoms with Gasteiger partial charge in [-0.25, -0.2) is 15.0 Å². The summed E-state index contributed by atoms with van der Waals surface area (Å²) in [7, 11) is 1.88. The fourth-order valence-corrected chi connectivity index (χ4v) is 3.31. The van der Waals surface area contributed by atoms with E-state index in [2.05, 4.69) is 25.4 Å². The second-order valence-corrected chi connectivity index (χ2v) is 7.77. The Morgan fingerprint density at radius 2 is 1.71 bits per heavy atom. The number of nitrogens with zero attached hydrogens (tertiary/aromatic N) is 5. The van der Waals surface area contributed by atoms with Crippen molar-refractivity contribution < 1.29 is 4.79 Å². The second-order valence-electron chi connectivity index (χ2n) is 7.01. The molecule has 0 fully saturated rings. The number of hydrogen-bond donors (Lipinski definition) is 1. The molecule has 4 aromatic rings. The van der Waals surface area contributed by atoms with E-state index in [-0.39, 0.29) is 22.5 Å². The normalized spacial score (nSPS) is 10.8. The highest BCUT2D eigenvalue weighted by molar-refractivity contribution is 6.41. The molecule has 0 aliphatic carbocycles. The summed E-state index contributed by atoms with van der Waals surface area (Å²) < 4.78 is 1.76. The van der Waals surface area contributed by atoms with Crippen LogP contribution in [0.5, 0.6) is 0 Å². The van der Waals surface area contributed by atoms with Gasteiger partial charge in [-0.15, -0.1) is 0 Å². The van der Waals surface area contributed by atoms with Crippen LogP contribution in [0.15, 0.2) is 61.3 Å². The number of halogens is 2. The first-order valence-electron chi connectivity index (χ1n) is 9.45. The molecule has 7 nitrogen and oxygen atoms in total. The molecule has 9 heteroatoms. The van der Waals surface area contributed by atoms with Crippen LogP contribution in [0.1, 0.15) is 17.0 Å². The fourth-order valence-electron chi connectivity index (χ4n) is 3.04. The van der Waals surface area contributed by atoms with Gasteiger partial charge in [0.2, 0.25) is 5.91 Å². The third-order valence-corrected chi connectivity index (χ3v) is 5.24. The first-order chi connectivity index (χ1) is 15.0. The van der Waals surface area contributed by atoms with Gasteiger partial charge in [0, 0.05) is 37.6 Å². The van der Waals surface area contributed by atoms with Crippen LogP contribution in [0.3, 0.4) is 0 Å². The van der Waals surface area contributed by atoms with Crippen molar-refractivity contribution in [3.05, 3.63) is 88.4 Å². The van der Waals surface area contributed by atoms with Crippen LogP contribution < -0.4 is 5.32 Å². The summed E-state index contributed by atoms with van der Waals surface area (Å²) >= 11 is 11.7. The van der Waals surface area contributed by atoms with E-state index in [4.69, 9.17) is 23.2 Å². The lowest BCUT2D eigenvalue weighted by Crippen LogP contribution is -2.14. The van der Waals surface area contributed by atoms with Crippen molar-refractivity contribution in [2.75, 3.05) is 5.32 Å². The zero-order chi connectivity index (χ0) is 21.8. The van der Waals surface area contributed by atoms with E-state index >= 15 is 0 Å². The van der Waals surface area contributed by atoms with Crippen LogP contribution >= 0.6 is 23.2 Å². The number of rotatable bonds is 6. The highest BCUT2D eigenvalue weighted by Gasteiger charge is 2.08. The van der Waals surface area contributed by atoms with Crippen molar-refractivity contribution in [2.45, 2.75) is 12.8 Å². The molecule has 3 aromatic heterocycles. The van der Waals surface area contributed by atoms with E-state index in [1.165, 1.54) is 6.20 Å². The number of carbonyl (C=O) groups is 1. The van der Waals surface area contributed by atoms with Crippen LogP contribution in [-0.2, 0) is 24.7 Å². The Morgan fingerprint density at radius 1 is 0.968 bits per heavy atom. The molecule has 3 heterocycles. The maximum Gasteiger partial charge on any atom is 0.228 e. The molecule has 0 spiro atoms. The Bertz CT molecular complexity index is 1210. The lowest BCUT2D eigenvalue weighted by molar-refractivity contribution is -0.115.